The van der Waals surface area contributed by atoms with Crippen LogP contribution < -0.4 is 5.73 Å². The van der Waals surface area contributed by atoms with Crippen LogP contribution in [-0.4, -0.2) is 5.11 Å². The minimum atomic E-state index is -0.423. The zero-order valence-electron chi connectivity index (χ0n) is 8.33. The standard InChI is InChI=1S/C11H16FNO/c1-2-3-4-11(13)9-6-5-8(14)7-10(9)12/h5-7,11,14H,2-4,13H2,1H3/t11-/m0/s1. The Morgan fingerprint density at radius 1 is 1.50 bits per heavy atom. The van der Waals surface area contributed by atoms with Crippen molar-refractivity contribution in [1.29, 1.82) is 0 Å². The Morgan fingerprint density at radius 2 is 2.21 bits per heavy atom. The molecule has 0 amide bonds. The van der Waals surface area contributed by atoms with Gasteiger partial charge in [-0.3, -0.25) is 0 Å². The van der Waals surface area contributed by atoms with E-state index in [-0.39, 0.29) is 11.8 Å². The first-order chi connectivity index (χ1) is 6.65. The Hall–Kier alpha value is -1.09. The smallest absolute Gasteiger partial charge is 0.131 e. The zero-order valence-corrected chi connectivity index (χ0v) is 8.33. The van der Waals surface area contributed by atoms with Gasteiger partial charge in [-0.2, -0.15) is 0 Å². The van der Waals surface area contributed by atoms with Crippen LogP contribution in [0.3, 0.4) is 0 Å². The number of nitrogens with two attached hydrogens (primary N) is 1. The van der Waals surface area contributed by atoms with Crippen molar-refractivity contribution in [2.24, 2.45) is 5.73 Å². The van der Waals surface area contributed by atoms with Gasteiger partial charge in [-0.25, -0.2) is 4.39 Å². The van der Waals surface area contributed by atoms with E-state index in [0.717, 1.165) is 25.3 Å². The van der Waals surface area contributed by atoms with Crippen molar-refractivity contribution >= 4 is 0 Å². The molecule has 0 spiro atoms. The first kappa shape index (κ1) is 11.0. The lowest BCUT2D eigenvalue weighted by atomic mass is 10.0. The average Bonchev–Trinajstić information content (AvgIpc) is 2.14. The molecule has 0 aliphatic rings. The van der Waals surface area contributed by atoms with Gasteiger partial charge in [0.05, 0.1) is 0 Å². The molecule has 0 fully saturated rings. The third kappa shape index (κ3) is 2.70. The normalized spacial score (nSPS) is 12.8. The minimum absolute atomic E-state index is 0.0612. The topological polar surface area (TPSA) is 46.2 Å². The van der Waals surface area contributed by atoms with Crippen LogP contribution in [0.25, 0.3) is 0 Å². The molecule has 0 saturated carbocycles. The van der Waals surface area contributed by atoms with E-state index in [1.54, 1.807) is 6.07 Å². The zero-order chi connectivity index (χ0) is 10.6. The third-order valence-corrected chi connectivity index (χ3v) is 2.25. The van der Waals surface area contributed by atoms with Crippen LogP contribution in [0.4, 0.5) is 4.39 Å². The van der Waals surface area contributed by atoms with Gasteiger partial charge in [-0.05, 0) is 12.5 Å². The molecule has 14 heavy (non-hydrogen) atoms. The molecule has 78 valence electrons. The Bertz CT molecular complexity index is 301. The summed E-state index contributed by atoms with van der Waals surface area (Å²) in [4.78, 5) is 0. The van der Waals surface area contributed by atoms with Crippen LogP contribution in [0, 0.1) is 5.82 Å². The molecular weight excluding hydrogens is 181 g/mol. The fourth-order valence-electron chi connectivity index (χ4n) is 1.40. The molecule has 0 heterocycles. The third-order valence-electron chi connectivity index (χ3n) is 2.25. The van der Waals surface area contributed by atoms with Crippen LogP contribution >= 0.6 is 0 Å². The number of unbranched alkanes of at least 4 members (excludes halogenated alkanes) is 1. The molecule has 0 unspecified atom stereocenters. The maximum absolute atomic E-state index is 13.3. The maximum Gasteiger partial charge on any atom is 0.131 e. The number of phenolic OH excluding ortho intramolecular Hbond substituents is 1. The molecule has 3 N–H and O–H groups in total. The lowest BCUT2D eigenvalue weighted by molar-refractivity contribution is 0.465. The number of benzene rings is 1. The highest BCUT2D eigenvalue weighted by Crippen LogP contribution is 2.22. The van der Waals surface area contributed by atoms with Gasteiger partial charge in [0, 0.05) is 17.7 Å². The molecule has 1 aromatic carbocycles. The quantitative estimate of drug-likeness (QED) is 0.779. The van der Waals surface area contributed by atoms with Crippen LogP contribution in [0.2, 0.25) is 0 Å². The second-order valence-electron chi connectivity index (χ2n) is 3.45. The van der Waals surface area contributed by atoms with Crippen LogP contribution in [0.15, 0.2) is 18.2 Å². The van der Waals surface area contributed by atoms with E-state index < -0.39 is 5.82 Å². The summed E-state index contributed by atoms with van der Waals surface area (Å²) >= 11 is 0. The fourth-order valence-corrected chi connectivity index (χ4v) is 1.40. The molecule has 3 heteroatoms. The summed E-state index contributed by atoms with van der Waals surface area (Å²) in [5.74, 6) is -0.484. The maximum atomic E-state index is 13.3. The van der Waals surface area contributed by atoms with E-state index in [1.807, 2.05) is 0 Å². The van der Waals surface area contributed by atoms with Crippen molar-refractivity contribution in [3.05, 3.63) is 29.6 Å². The van der Waals surface area contributed by atoms with Gasteiger partial charge in [0.1, 0.15) is 11.6 Å². The van der Waals surface area contributed by atoms with Crippen LogP contribution in [0.5, 0.6) is 5.75 Å². The number of phenols is 1. The minimum Gasteiger partial charge on any atom is -0.508 e. The summed E-state index contributed by atoms with van der Waals surface area (Å²) in [6.45, 7) is 2.07. The first-order valence-corrected chi connectivity index (χ1v) is 4.89. The summed E-state index contributed by atoms with van der Waals surface area (Å²) in [5, 5.41) is 9.01. The number of rotatable bonds is 4. The lowest BCUT2D eigenvalue weighted by Gasteiger charge is -2.12. The van der Waals surface area contributed by atoms with E-state index >= 15 is 0 Å². The largest absolute Gasteiger partial charge is 0.508 e. The average molecular weight is 197 g/mol. The fraction of sp³-hybridized carbons (Fsp3) is 0.455. The Kier molecular flexibility index (Phi) is 3.89. The molecule has 1 atom stereocenters. The van der Waals surface area contributed by atoms with Crippen molar-refractivity contribution in [3.8, 4) is 5.75 Å². The van der Waals surface area contributed by atoms with Gasteiger partial charge >= 0.3 is 0 Å². The summed E-state index contributed by atoms with van der Waals surface area (Å²) in [6.07, 6.45) is 2.81. The van der Waals surface area contributed by atoms with Gasteiger partial charge < -0.3 is 10.8 Å². The molecule has 1 aromatic rings. The van der Waals surface area contributed by atoms with Crippen molar-refractivity contribution in [3.63, 3.8) is 0 Å². The summed E-state index contributed by atoms with van der Waals surface area (Å²) in [6, 6.07) is 3.84. The molecular formula is C11H16FNO. The molecule has 0 aliphatic carbocycles. The molecule has 0 radical (unpaired) electrons. The molecule has 0 bridgehead atoms. The highest BCUT2D eigenvalue weighted by Gasteiger charge is 2.10. The molecule has 2 nitrogen and oxygen atoms in total. The highest BCUT2D eigenvalue weighted by molar-refractivity contribution is 5.29. The second-order valence-corrected chi connectivity index (χ2v) is 3.45. The van der Waals surface area contributed by atoms with E-state index in [1.165, 1.54) is 6.07 Å². The molecule has 0 saturated heterocycles. The Morgan fingerprint density at radius 3 is 2.79 bits per heavy atom. The van der Waals surface area contributed by atoms with Gasteiger partial charge in [-0.1, -0.05) is 25.8 Å². The predicted octanol–water partition coefficient (Wildman–Crippen LogP) is 2.72. The summed E-state index contributed by atoms with van der Waals surface area (Å²) in [7, 11) is 0. The van der Waals surface area contributed by atoms with Gasteiger partial charge in [0.2, 0.25) is 0 Å². The number of hydrogen-bond acceptors (Lipinski definition) is 2. The lowest BCUT2D eigenvalue weighted by Crippen LogP contribution is -2.11. The number of hydrogen-bond donors (Lipinski definition) is 2. The van der Waals surface area contributed by atoms with Crippen molar-refractivity contribution in [2.75, 3.05) is 0 Å². The first-order valence-electron chi connectivity index (χ1n) is 4.89. The Balaban J connectivity index is 2.74. The second kappa shape index (κ2) is 4.96. The van der Waals surface area contributed by atoms with Crippen LogP contribution in [0.1, 0.15) is 37.8 Å². The van der Waals surface area contributed by atoms with E-state index in [2.05, 4.69) is 6.92 Å². The highest BCUT2D eigenvalue weighted by atomic mass is 19.1. The monoisotopic (exact) mass is 197 g/mol. The molecule has 0 aromatic heterocycles. The van der Waals surface area contributed by atoms with E-state index in [9.17, 15) is 4.39 Å². The molecule has 0 aliphatic heterocycles. The molecule has 1 rings (SSSR count). The van der Waals surface area contributed by atoms with Crippen molar-refractivity contribution in [2.45, 2.75) is 32.2 Å². The SMILES string of the molecule is CCCC[C@H](N)c1ccc(O)cc1F. The van der Waals surface area contributed by atoms with E-state index in [4.69, 9.17) is 10.8 Å². The predicted molar refractivity (Wildman–Crippen MR) is 54.5 cm³/mol. The number of aromatic hydroxyl groups is 1. The van der Waals surface area contributed by atoms with Gasteiger partial charge in [-0.15, -0.1) is 0 Å². The van der Waals surface area contributed by atoms with Crippen molar-refractivity contribution in [1.82, 2.24) is 0 Å². The van der Waals surface area contributed by atoms with E-state index in [0.29, 0.717) is 5.56 Å². The summed E-state index contributed by atoms with van der Waals surface area (Å²) in [5.41, 5.74) is 6.29. The van der Waals surface area contributed by atoms with Crippen molar-refractivity contribution < 1.29 is 9.50 Å². The summed E-state index contributed by atoms with van der Waals surface area (Å²) < 4.78 is 13.3. The number of halogens is 1. The Labute approximate surface area is 83.6 Å². The van der Waals surface area contributed by atoms with Crippen LogP contribution in [-0.2, 0) is 0 Å². The van der Waals surface area contributed by atoms with Gasteiger partial charge in [0.15, 0.2) is 0 Å². The van der Waals surface area contributed by atoms with Gasteiger partial charge in [0.25, 0.3) is 0 Å².